The van der Waals surface area contributed by atoms with Gasteiger partial charge in [-0.15, -0.1) is 0 Å². The van der Waals surface area contributed by atoms with Crippen LogP contribution in [0.15, 0.2) is 0 Å². The molecule has 2 rings (SSSR count). The highest BCUT2D eigenvalue weighted by atomic mass is 127. The molecule has 1 saturated heterocycles. The third kappa shape index (κ3) is 3.28. The predicted octanol–water partition coefficient (Wildman–Crippen LogP) is 1.96. The van der Waals surface area contributed by atoms with E-state index in [9.17, 15) is 0 Å². The molecule has 15 heavy (non-hydrogen) atoms. The van der Waals surface area contributed by atoms with E-state index in [1.165, 1.54) is 45.3 Å². The molecule has 0 aromatic heterocycles. The molecule has 2 fully saturated rings. The first kappa shape index (κ1) is 12.1. The minimum atomic E-state index is 0.535. The van der Waals surface area contributed by atoms with Crippen molar-refractivity contribution in [3.8, 4) is 0 Å². The fourth-order valence-electron chi connectivity index (χ4n) is 2.40. The van der Waals surface area contributed by atoms with Gasteiger partial charge in [0.15, 0.2) is 0 Å². The van der Waals surface area contributed by atoms with Gasteiger partial charge >= 0.3 is 0 Å². The molecular weight excluding hydrogens is 303 g/mol. The van der Waals surface area contributed by atoms with E-state index in [1.54, 1.807) is 0 Å². The highest BCUT2D eigenvalue weighted by Gasteiger charge is 2.32. The van der Waals surface area contributed by atoms with Gasteiger partial charge in [-0.05, 0) is 32.2 Å². The lowest BCUT2D eigenvalue weighted by atomic mass is 9.90. The van der Waals surface area contributed by atoms with Gasteiger partial charge in [-0.3, -0.25) is 3.53 Å². The van der Waals surface area contributed by atoms with Crippen molar-refractivity contribution in [1.29, 1.82) is 0 Å². The topological polar surface area (TPSA) is 24.5 Å². The molecule has 0 aromatic rings. The summed E-state index contributed by atoms with van der Waals surface area (Å²) in [5.74, 6) is 0. The summed E-state index contributed by atoms with van der Waals surface area (Å²) in [6.07, 6.45) is 5.94. The summed E-state index contributed by atoms with van der Waals surface area (Å²) in [7, 11) is 0. The Morgan fingerprint density at radius 1 is 1.27 bits per heavy atom. The van der Waals surface area contributed by atoms with Gasteiger partial charge in [0, 0.05) is 42.0 Å². The van der Waals surface area contributed by atoms with Crippen LogP contribution in [0.4, 0.5) is 0 Å². The molecule has 1 aliphatic carbocycles. The normalized spacial score (nSPS) is 34.0. The fraction of sp³-hybridized carbons (Fsp3) is 1.00. The second kappa shape index (κ2) is 5.80. The minimum Gasteiger partial charge on any atom is -0.375 e. The molecule has 88 valence electrons. The predicted molar refractivity (Wildman–Crippen MR) is 70.2 cm³/mol. The zero-order valence-electron chi connectivity index (χ0n) is 9.42. The number of likely N-dealkylation sites (tertiary alicyclic amines) is 1. The van der Waals surface area contributed by atoms with Crippen LogP contribution < -0.4 is 3.53 Å². The van der Waals surface area contributed by atoms with Gasteiger partial charge in [-0.25, -0.2) is 0 Å². The Morgan fingerprint density at radius 2 is 1.93 bits per heavy atom. The number of piperidine rings is 1. The molecule has 0 amide bonds. The van der Waals surface area contributed by atoms with Crippen molar-refractivity contribution in [2.24, 2.45) is 0 Å². The fourth-order valence-corrected chi connectivity index (χ4v) is 2.91. The smallest absolute Gasteiger partial charge is 0.0609 e. The molecule has 0 unspecified atom stereocenters. The quantitative estimate of drug-likeness (QED) is 0.632. The number of hydrogen-bond donors (Lipinski definition) is 1. The molecule has 4 heteroatoms. The first-order chi connectivity index (χ1) is 7.31. The third-order valence-electron chi connectivity index (χ3n) is 3.62. The van der Waals surface area contributed by atoms with Gasteiger partial charge in [0.1, 0.15) is 0 Å². The zero-order valence-corrected chi connectivity index (χ0v) is 11.6. The van der Waals surface area contributed by atoms with Crippen molar-refractivity contribution in [2.45, 2.75) is 50.9 Å². The Kier molecular flexibility index (Phi) is 4.67. The van der Waals surface area contributed by atoms with Crippen molar-refractivity contribution in [3.63, 3.8) is 0 Å². The molecule has 1 heterocycles. The van der Waals surface area contributed by atoms with Crippen LogP contribution in [0.3, 0.4) is 0 Å². The number of nitrogens with one attached hydrogen (secondary N) is 1. The highest BCUT2D eigenvalue weighted by Crippen LogP contribution is 2.27. The summed E-state index contributed by atoms with van der Waals surface area (Å²) >= 11 is 2.24. The van der Waals surface area contributed by atoms with Crippen molar-refractivity contribution in [2.75, 3.05) is 19.6 Å². The molecular formula is C11H21IN2O. The maximum absolute atomic E-state index is 6.08. The summed E-state index contributed by atoms with van der Waals surface area (Å²) in [5.41, 5.74) is 0. The number of halogens is 1. The maximum atomic E-state index is 6.08. The van der Waals surface area contributed by atoms with Crippen LogP contribution in [0.25, 0.3) is 0 Å². The molecule has 0 spiro atoms. The van der Waals surface area contributed by atoms with E-state index in [-0.39, 0.29) is 0 Å². The van der Waals surface area contributed by atoms with Crippen LogP contribution >= 0.6 is 22.9 Å². The Labute approximate surface area is 106 Å². The second-order valence-electron chi connectivity index (χ2n) is 4.67. The van der Waals surface area contributed by atoms with Crippen LogP contribution in [-0.4, -0.2) is 42.8 Å². The summed E-state index contributed by atoms with van der Waals surface area (Å²) in [4.78, 5) is 2.51. The summed E-state index contributed by atoms with van der Waals surface area (Å²) in [5, 5.41) is 0. The maximum Gasteiger partial charge on any atom is 0.0609 e. The van der Waals surface area contributed by atoms with Crippen molar-refractivity contribution < 1.29 is 4.74 Å². The van der Waals surface area contributed by atoms with Gasteiger partial charge in [-0.1, -0.05) is 6.92 Å². The molecule has 1 N–H and O–H groups in total. The van der Waals surface area contributed by atoms with Crippen LogP contribution in [0.5, 0.6) is 0 Å². The number of nitrogens with zero attached hydrogens (tertiary/aromatic N) is 1. The van der Waals surface area contributed by atoms with E-state index in [4.69, 9.17) is 4.74 Å². The number of rotatable bonds is 4. The minimum absolute atomic E-state index is 0.535. The lowest BCUT2D eigenvalue weighted by molar-refractivity contribution is -0.0803. The van der Waals surface area contributed by atoms with Gasteiger partial charge in [0.25, 0.3) is 0 Å². The lowest BCUT2D eigenvalue weighted by Crippen LogP contribution is -2.45. The monoisotopic (exact) mass is 324 g/mol. The number of hydrogen-bond acceptors (Lipinski definition) is 3. The standard InChI is InChI=1S/C11H21IN2O/c1-2-14-5-3-10(4-6-14)15-11-7-9(8-11)13-12/h9-11,13H,2-8H2,1H3/t9-,11+. The van der Waals surface area contributed by atoms with Crippen LogP contribution in [0.2, 0.25) is 0 Å². The van der Waals surface area contributed by atoms with Crippen molar-refractivity contribution in [3.05, 3.63) is 0 Å². The van der Waals surface area contributed by atoms with E-state index < -0.39 is 0 Å². The summed E-state index contributed by atoms with van der Waals surface area (Å²) in [6.45, 7) is 5.88. The van der Waals surface area contributed by atoms with Gasteiger partial charge < -0.3 is 9.64 Å². The molecule has 0 bridgehead atoms. The Bertz CT molecular complexity index is 189. The number of ether oxygens (including phenoxy) is 1. The second-order valence-corrected chi connectivity index (χ2v) is 5.29. The van der Waals surface area contributed by atoms with Gasteiger partial charge in [-0.2, -0.15) is 0 Å². The first-order valence-corrected chi connectivity index (χ1v) is 7.13. The lowest BCUT2D eigenvalue weighted by Gasteiger charge is -2.39. The Balaban J connectivity index is 1.61. The van der Waals surface area contributed by atoms with Crippen LogP contribution in [0.1, 0.15) is 32.6 Å². The molecule has 0 atom stereocenters. The molecule has 2 aliphatic rings. The molecule has 1 aliphatic heterocycles. The van der Waals surface area contributed by atoms with E-state index in [0.717, 1.165) is 0 Å². The van der Waals surface area contributed by atoms with Gasteiger partial charge in [0.2, 0.25) is 0 Å². The molecule has 0 radical (unpaired) electrons. The highest BCUT2D eigenvalue weighted by molar-refractivity contribution is 14.1. The zero-order chi connectivity index (χ0) is 10.7. The van der Waals surface area contributed by atoms with E-state index >= 15 is 0 Å². The van der Waals surface area contributed by atoms with Gasteiger partial charge in [0.05, 0.1) is 12.2 Å². The Morgan fingerprint density at radius 3 is 2.47 bits per heavy atom. The largest absolute Gasteiger partial charge is 0.375 e. The average Bonchev–Trinajstić information content (AvgIpc) is 2.23. The molecule has 1 saturated carbocycles. The van der Waals surface area contributed by atoms with Crippen molar-refractivity contribution in [1.82, 2.24) is 8.43 Å². The summed E-state index contributed by atoms with van der Waals surface area (Å²) in [6, 6.07) is 0.700. The van der Waals surface area contributed by atoms with E-state index in [0.29, 0.717) is 18.2 Å². The average molecular weight is 324 g/mol. The summed E-state index contributed by atoms with van der Waals surface area (Å²) < 4.78 is 9.35. The molecule has 0 aromatic carbocycles. The van der Waals surface area contributed by atoms with E-state index in [2.05, 4.69) is 38.2 Å². The van der Waals surface area contributed by atoms with Crippen LogP contribution in [-0.2, 0) is 4.74 Å². The van der Waals surface area contributed by atoms with Crippen molar-refractivity contribution >= 4 is 22.9 Å². The third-order valence-corrected chi connectivity index (χ3v) is 4.50. The Hall–Kier alpha value is 0.610. The van der Waals surface area contributed by atoms with E-state index in [1.807, 2.05) is 0 Å². The molecule has 3 nitrogen and oxygen atoms in total. The first-order valence-electron chi connectivity index (χ1n) is 6.05. The SMILES string of the molecule is CCN1CCC(O[C@H]2C[C@@H](NI)C2)CC1. The van der Waals surface area contributed by atoms with Crippen LogP contribution in [0, 0.1) is 0 Å².